The molecule has 2 aromatic carbocycles. The number of amides is 2. The number of thiocarbonyl (C=S) groups is 1. The Bertz CT molecular complexity index is 1190. The van der Waals surface area contributed by atoms with Crippen LogP contribution in [0, 0.1) is 13.8 Å². The molecule has 140 valence electrons. The van der Waals surface area contributed by atoms with E-state index < -0.39 is 11.8 Å². The minimum atomic E-state index is -0.483. The van der Waals surface area contributed by atoms with Gasteiger partial charge in [0, 0.05) is 29.7 Å². The van der Waals surface area contributed by atoms with Gasteiger partial charge in [-0.15, -0.1) is 0 Å². The van der Waals surface area contributed by atoms with E-state index in [-0.39, 0.29) is 10.7 Å². The van der Waals surface area contributed by atoms with Gasteiger partial charge in [-0.2, -0.15) is 0 Å². The number of carbonyl (C=O) groups is 2. The van der Waals surface area contributed by atoms with Crippen molar-refractivity contribution in [3.63, 3.8) is 0 Å². The van der Waals surface area contributed by atoms with Crippen molar-refractivity contribution in [2.45, 2.75) is 13.8 Å². The van der Waals surface area contributed by atoms with E-state index in [0.717, 1.165) is 27.6 Å². The van der Waals surface area contributed by atoms with Crippen LogP contribution in [0.1, 0.15) is 16.7 Å². The molecule has 5 nitrogen and oxygen atoms in total. The number of aryl methyl sites for hydroxylation is 3. The fraction of sp³-hybridized carbons (Fsp3) is 0.136. The second-order valence-electron chi connectivity index (χ2n) is 6.94. The molecule has 1 fully saturated rings. The SMILES string of the molecule is Cc1ccc(N2C(=O)/C(=C/c3cn(C)c4ccccc34)C(=O)NC2=S)cc1C. The summed E-state index contributed by atoms with van der Waals surface area (Å²) in [4.78, 5) is 27.1. The Hall–Kier alpha value is -3.25. The number of para-hydroxylation sites is 1. The van der Waals surface area contributed by atoms with Crippen molar-refractivity contribution >= 4 is 51.8 Å². The summed E-state index contributed by atoms with van der Waals surface area (Å²) in [6.45, 7) is 3.98. The molecule has 2 amide bonds. The van der Waals surface area contributed by atoms with Gasteiger partial charge >= 0.3 is 0 Å². The number of nitrogens with zero attached hydrogens (tertiary/aromatic N) is 2. The molecule has 0 radical (unpaired) electrons. The van der Waals surface area contributed by atoms with Gasteiger partial charge in [0.2, 0.25) is 0 Å². The molecule has 0 aliphatic carbocycles. The van der Waals surface area contributed by atoms with Crippen LogP contribution in [0.15, 0.2) is 54.2 Å². The zero-order chi connectivity index (χ0) is 20.0. The maximum Gasteiger partial charge on any atom is 0.270 e. The Morgan fingerprint density at radius 3 is 2.54 bits per heavy atom. The Morgan fingerprint density at radius 2 is 1.79 bits per heavy atom. The molecule has 1 aliphatic heterocycles. The molecule has 0 saturated carbocycles. The number of rotatable bonds is 2. The highest BCUT2D eigenvalue weighted by Crippen LogP contribution is 2.27. The van der Waals surface area contributed by atoms with E-state index in [1.165, 1.54) is 4.90 Å². The zero-order valence-electron chi connectivity index (χ0n) is 15.8. The number of aromatic nitrogens is 1. The van der Waals surface area contributed by atoms with Crippen molar-refractivity contribution < 1.29 is 9.59 Å². The lowest BCUT2D eigenvalue weighted by atomic mass is 10.0. The van der Waals surface area contributed by atoms with Crippen LogP contribution in [0.3, 0.4) is 0 Å². The maximum atomic E-state index is 13.2. The van der Waals surface area contributed by atoms with Crippen LogP contribution in [-0.2, 0) is 16.6 Å². The molecule has 1 saturated heterocycles. The van der Waals surface area contributed by atoms with Crippen LogP contribution in [0.25, 0.3) is 17.0 Å². The minimum absolute atomic E-state index is 0.0585. The monoisotopic (exact) mass is 389 g/mol. The second kappa shape index (κ2) is 6.73. The van der Waals surface area contributed by atoms with Gasteiger partial charge in [-0.25, -0.2) is 0 Å². The average Bonchev–Trinajstić information content (AvgIpc) is 2.97. The van der Waals surface area contributed by atoms with E-state index in [1.807, 2.05) is 74.1 Å². The quantitative estimate of drug-likeness (QED) is 0.414. The number of hydrogen-bond donors (Lipinski definition) is 1. The van der Waals surface area contributed by atoms with Gasteiger partial charge in [0.15, 0.2) is 5.11 Å². The van der Waals surface area contributed by atoms with Crippen LogP contribution in [0.4, 0.5) is 5.69 Å². The van der Waals surface area contributed by atoms with Crippen LogP contribution in [0.2, 0.25) is 0 Å². The lowest BCUT2D eigenvalue weighted by molar-refractivity contribution is -0.122. The van der Waals surface area contributed by atoms with Gasteiger partial charge in [0.1, 0.15) is 5.57 Å². The highest BCUT2D eigenvalue weighted by molar-refractivity contribution is 7.80. The summed E-state index contributed by atoms with van der Waals surface area (Å²) < 4.78 is 1.97. The maximum absolute atomic E-state index is 13.2. The largest absolute Gasteiger partial charge is 0.350 e. The number of nitrogens with one attached hydrogen (secondary N) is 1. The molecule has 0 atom stereocenters. The number of hydrogen-bond acceptors (Lipinski definition) is 3. The van der Waals surface area contributed by atoms with Crippen molar-refractivity contribution in [3.8, 4) is 0 Å². The number of fused-ring (bicyclic) bond motifs is 1. The topological polar surface area (TPSA) is 54.3 Å². The summed E-state index contributed by atoms with van der Waals surface area (Å²) in [6.07, 6.45) is 3.54. The highest BCUT2D eigenvalue weighted by atomic mass is 32.1. The molecule has 0 bridgehead atoms. The molecule has 0 unspecified atom stereocenters. The summed E-state index contributed by atoms with van der Waals surface area (Å²) in [6, 6.07) is 13.5. The summed E-state index contributed by atoms with van der Waals surface area (Å²) in [5.74, 6) is -0.909. The van der Waals surface area contributed by atoms with E-state index in [4.69, 9.17) is 12.2 Å². The first-order valence-corrected chi connectivity index (χ1v) is 9.30. The van der Waals surface area contributed by atoms with E-state index >= 15 is 0 Å². The fourth-order valence-electron chi connectivity index (χ4n) is 3.40. The van der Waals surface area contributed by atoms with E-state index in [2.05, 4.69) is 5.32 Å². The zero-order valence-corrected chi connectivity index (χ0v) is 16.6. The summed E-state index contributed by atoms with van der Waals surface area (Å²) in [5, 5.41) is 3.71. The standard InChI is InChI=1S/C22H19N3O2S/c1-13-8-9-16(10-14(13)2)25-21(27)18(20(26)23-22(25)28)11-15-12-24(3)19-7-5-4-6-17(15)19/h4-12H,1-3H3,(H,23,26,28)/b18-11+. The Labute approximate surface area is 168 Å². The smallest absolute Gasteiger partial charge is 0.270 e. The Balaban J connectivity index is 1.81. The lowest BCUT2D eigenvalue weighted by Crippen LogP contribution is -2.54. The van der Waals surface area contributed by atoms with Crippen molar-refractivity contribution in [1.29, 1.82) is 0 Å². The minimum Gasteiger partial charge on any atom is -0.350 e. The molecule has 28 heavy (non-hydrogen) atoms. The lowest BCUT2D eigenvalue weighted by Gasteiger charge is -2.29. The van der Waals surface area contributed by atoms with Gasteiger partial charge in [-0.1, -0.05) is 24.3 Å². The molecule has 6 heteroatoms. The Kier molecular flexibility index (Phi) is 4.35. The van der Waals surface area contributed by atoms with Gasteiger partial charge in [-0.05, 0) is 61.5 Å². The molecule has 1 aliphatic rings. The predicted octanol–water partition coefficient (Wildman–Crippen LogP) is 3.63. The van der Waals surface area contributed by atoms with Gasteiger partial charge in [0.25, 0.3) is 11.8 Å². The van der Waals surface area contributed by atoms with Crippen molar-refractivity contribution in [3.05, 3.63) is 70.9 Å². The second-order valence-corrected chi connectivity index (χ2v) is 7.33. The van der Waals surface area contributed by atoms with Crippen molar-refractivity contribution in [2.75, 3.05) is 4.90 Å². The summed E-state index contributed by atoms with van der Waals surface area (Å²) >= 11 is 5.28. The highest BCUT2D eigenvalue weighted by Gasteiger charge is 2.34. The summed E-state index contributed by atoms with van der Waals surface area (Å²) in [7, 11) is 1.93. The van der Waals surface area contributed by atoms with E-state index in [1.54, 1.807) is 6.08 Å². The number of anilines is 1. The third kappa shape index (κ3) is 2.92. The van der Waals surface area contributed by atoms with Crippen LogP contribution < -0.4 is 10.2 Å². The third-order valence-electron chi connectivity index (χ3n) is 5.08. The first-order valence-electron chi connectivity index (χ1n) is 8.89. The average molecular weight is 389 g/mol. The van der Waals surface area contributed by atoms with Crippen LogP contribution >= 0.6 is 12.2 Å². The summed E-state index contributed by atoms with van der Waals surface area (Å²) in [5.41, 5.74) is 4.70. The van der Waals surface area contributed by atoms with Crippen LogP contribution in [-0.4, -0.2) is 21.5 Å². The van der Waals surface area contributed by atoms with Gasteiger partial charge in [-0.3, -0.25) is 19.8 Å². The molecular formula is C22H19N3O2S. The fourth-order valence-corrected chi connectivity index (χ4v) is 3.68. The molecule has 0 spiro atoms. The number of carbonyl (C=O) groups excluding carboxylic acids is 2. The van der Waals surface area contributed by atoms with Crippen molar-refractivity contribution in [1.82, 2.24) is 9.88 Å². The van der Waals surface area contributed by atoms with Crippen LogP contribution in [0.5, 0.6) is 0 Å². The van der Waals surface area contributed by atoms with Gasteiger partial charge in [0.05, 0.1) is 5.69 Å². The molecule has 1 N–H and O–H groups in total. The molecular weight excluding hydrogens is 370 g/mol. The normalized spacial score (nSPS) is 16.2. The first kappa shape index (κ1) is 18.1. The molecule has 4 rings (SSSR count). The third-order valence-corrected chi connectivity index (χ3v) is 5.36. The molecule has 3 aromatic rings. The van der Waals surface area contributed by atoms with E-state index in [9.17, 15) is 9.59 Å². The van der Waals surface area contributed by atoms with Crippen molar-refractivity contribution in [2.24, 2.45) is 7.05 Å². The first-order chi connectivity index (χ1) is 13.4. The number of benzene rings is 2. The predicted molar refractivity (Wildman–Crippen MR) is 115 cm³/mol. The van der Waals surface area contributed by atoms with E-state index in [0.29, 0.717) is 5.69 Å². The molecule has 1 aromatic heterocycles. The Morgan fingerprint density at radius 1 is 1.04 bits per heavy atom. The van der Waals surface area contributed by atoms with Gasteiger partial charge < -0.3 is 4.57 Å². The molecule has 2 heterocycles.